The molecule has 146 valence electrons. The molecule has 2 rings (SSSR count). The van der Waals surface area contributed by atoms with Crippen LogP contribution in [0.5, 0.6) is 11.5 Å². The monoisotopic (exact) mass is 447 g/mol. The van der Waals surface area contributed by atoms with Gasteiger partial charge in [-0.15, -0.1) is 0 Å². The number of aryl methyl sites for hydroxylation is 1. The average molecular weight is 449 g/mol. The van der Waals surface area contributed by atoms with E-state index < -0.39 is 0 Å². The Hall–Kier alpha value is -1.26. The van der Waals surface area contributed by atoms with E-state index in [4.69, 9.17) is 55.9 Å². The second-order valence-corrected chi connectivity index (χ2v) is 7.54. The standard InChI is InChI=1S/C20H21Cl4NO2/c1-2-14-12-17(26-11-8-19(23)24)13-18(22)20(14)27-10-3-9-25-16-6-4-15(21)5-7-16/h4-8,12-13,25H,2-3,9-11H2,1H3. The van der Waals surface area contributed by atoms with Crippen molar-refractivity contribution in [2.24, 2.45) is 0 Å². The molecule has 7 heteroatoms. The third-order valence-corrected chi connectivity index (χ3v) is 4.54. The molecule has 2 aromatic carbocycles. The van der Waals surface area contributed by atoms with E-state index in [0.717, 1.165) is 35.7 Å². The number of halogens is 4. The highest BCUT2D eigenvalue weighted by atomic mass is 35.5. The Morgan fingerprint density at radius 2 is 1.81 bits per heavy atom. The SMILES string of the molecule is CCc1cc(OCC=C(Cl)Cl)cc(Cl)c1OCCCNc1ccc(Cl)cc1. The number of benzene rings is 2. The van der Waals surface area contributed by atoms with Gasteiger partial charge in [-0.1, -0.05) is 53.3 Å². The van der Waals surface area contributed by atoms with Crippen molar-refractivity contribution in [1.82, 2.24) is 0 Å². The van der Waals surface area contributed by atoms with Crippen LogP contribution in [0.1, 0.15) is 18.9 Å². The molecule has 0 aliphatic rings. The van der Waals surface area contributed by atoms with Crippen LogP contribution in [0.3, 0.4) is 0 Å². The largest absolute Gasteiger partial charge is 0.492 e. The van der Waals surface area contributed by atoms with E-state index in [2.05, 4.69) is 5.32 Å². The van der Waals surface area contributed by atoms with Crippen LogP contribution in [0.2, 0.25) is 10.0 Å². The van der Waals surface area contributed by atoms with Gasteiger partial charge in [0, 0.05) is 23.3 Å². The molecule has 0 unspecified atom stereocenters. The molecule has 0 aliphatic heterocycles. The van der Waals surface area contributed by atoms with Gasteiger partial charge in [-0.25, -0.2) is 0 Å². The Labute approximate surface area is 180 Å². The van der Waals surface area contributed by atoms with Crippen LogP contribution in [0, 0.1) is 0 Å². The highest BCUT2D eigenvalue weighted by Crippen LogP contribution is 2.34. The molecule has 0 atom stereocenters. The fourth-order valence-corrected chi connectivity index (χ4v) is 2.91. The highest BCUT2D eigenvalue weighted by molar-refractivity contribution is 6.55. The van der Waals surface area contributed by atoms with Crippen LogP contribution in [0.4, 0.5) is 5.69 Å². The Morgan fingerprint density at radius 1 is 1.07 bits per heavy atom. The van der Waals surface area contributed by atoms with Gasteiger partial charge in [0.2, 0.25) is 0 Å². The predicted molar refractivity (Wildman–Crippen MR) is 116 cm³/mol. The van der Waals surface area contributed by atoms with Gasteiger partial charge in [-0.05, 0) is 54.8 Å². The summed E-state index contributed by atoms with van der Waals surface area (Å²) in [6.45, 7) is 3.66. The van der Waals surface area contributed by atoms with E-state index in [1.165, 1.54) is 0 Å². The molecule has 0 bridgehead atoms. The molecular formula is C20H21Cl4NO2. The molecular weight excluding hydrogens is 428 g/mol. The summed E-state index contributed by atoms with van der Waals surface area (Å²) >= 11 is 23.4. The average Bonchev–Trinajstić information content (AvgIpc) is 2.63. The van der Waals surface area contributed by atoms with Crippen LogP contribution < -0.4 is 14.8 Å². The lowest BCUT2D eigenvalue weighted by molar-refractivity contribution is 0.310. The number of hydrogen-bond donors (Lipinski definition) is 1. The maximum absolute atomic E-state index is 6.38. The first-order valence-corrected chi connectivity index (χ1v) is 10.1. The van der Waals surface area contributed by atoms with Gasteiger partial charge in [-0.3, -0.25) is 0 Å². The lowest BCUT2D eigenvalue weighted by Gasteiger charge is -2.15. The van der Waals surface area contributed by atoms with E-state index in [1.807, 2.05) is 37.3 Å². The first kappa shape index (κ1) is 22.0. The first-order valence-electron chi connectivity index (χ1n) is 8.58. The fraction of sp³-hybridized carbons (Fsp3) is 0.300. The third-order valence-electron chi connectivity index (χ3n) is 3.70. The number of ether oxygens (including phenoxy) is 2. The van der Waals surface area contributed by atoms with Gasteiger partial charge in [-0.2, -0.15) is 0 Å². The van der Waals surface area contributed by atoms with Crippen LogP contribution in [-0.4, -0.2) is 19.8 Å². The van der Waals surface area contributed by atoms with E-state index in [9.17, 15) is 0 Å². The summed E-state index contributed by atoms with van der Waals surface area (Å²) in [5.41, 5.74) is 2.02. The van der Waals surface area contributed by atoms with Gasteiger partial charge in [0.15, 0.2) is 0 Å². The number of rotatable bonds is 10. The van der Waals surface area contributed by atoms with Crippen molar-refractivity contribution in [3.63, 3.8) is 0 Å². The second kappa shape index (κ2) is 11.6. The molecule has 0 fully saturated rings. The van der Waals surface area contributed by atoms with Gasteiger partial charge < -0.3 is 14.8 Å². The fourth-order valence-electron chi connectivity index (χ4n) is 2.38. The summed E-state index contributed by atoms with van der Waals surface area (Å²) in [6.07, 6.45) is 3.18. The van der Waals surface area contributed by atoms with E-state index >= 15 is 0 Å². The van der Waals surface area contributed by atoms with Crippen LogP contribution >= 0.6 is 46.4 Å². The molecule has 1 N–H and O–H groups in total. The minimum atomic E-state index is 0.170. The van der Waals surface area contributed by atoms with Gasteiger partial charge >= 0.3 is 0 Å². The summed E-state index contributed by atoms with van der Waals surface area (Å²) in [5, 5.41) is 4.57. The predicted octanol–water partition coefficient (Wildman–Crippen LogP) is 7.13. The molecule has 0 aromatic heterocycles. The summed E-state index contributed by atoms with van der Waals surface area (Å²) < 4.78 is 11.7. The molecule has 0 aliphatic carbocycles. The lowest BCUT2D eigenvalue weighted by Crippen LogP contribution is -2.08. The smallest absolute Gasteiger partial charge is 0.141 e. The Morgan fingerprint density at radius 3 is 2.48 bits per heavy atom. The van der Waals surface area contributed by atoms with Gasteiger partial charge in [0.1, 0.15) is 22.6 Å². The number of nitrogens with one attached hydrogen (secondary N) is 1. The molecule has 0 radical (unpaired) electrons. The zero-order valence-electron chi connectivity index (χ0n) is 14.9. The molecule has 0 saturated carbocycles. The van der Waals surface area contributed by atoms with Gasteiger partial charge in [0.05, 0.1) is 11.6 Å². The van der Waals surface area contributed by atoms with Crippen LogP contribution in [0.15, 0.2) is 47.0 Å². The molecule has 0 saturated heterocycles. The zero-order chi connectivity index (χ0) is 19.6. The van der Waals surface area contributed by atoms with Crippen molar-refractivity contribution in [2.75, 3.05) is 25.1 Å². The Balaban J connectivity index is 1.85. The summed E-state index contributed by atoms with van der Waals surface area (Å²) in [5.74, 6) is 1.35. The quantitative estimate of drug-likeness (QED) is 0.392. The van der Waals surface area contributed by atoms with Crippen LogP contribution in [-0.2, 0) is 6.42 Å². The topological polar surface area (TPSA) is 30.5 Å². The van der Waals surface area contributed by atoms with E-state index in [1.54, 1.807) is 12.1 Å². The van der Waals surface area contributed by atoms with Crippen molar-refractivity contribution in [2.45, 2.75) is 19.8 Å². The van der Waals surface area contributed by atoms with Crippen LogP contribution in [0.25, 0.3) is 0 Å². The van der Waals surface area contributed by atoms with E-state index in [-0.39, 0.29) is 11.1 Å². The maximum Gasteiger partial charge on any atom is 0.141 e. The Kier molecular flexibility index (Phi) is 9.43. The summed E-state index contributed by atoms with van der Waals surface area (Å²) in [4.78, 5) is 0. The summed E-state index contributed by atoms with van der Waals surface area (Å²) in [6, 6.07) is 11.3. The van der Waals surface area contributed by atoms with E-state index in [0.29, 0.717) is 23.1 Å². The minimum Gasteiger partial charge on any atom is -0.492 e. The van der Waals surface area contributed by atoms with Crippen molar-refractivity contribution in [3.8, 4) is 11.5 Å². The second-order valence-electron chi connectivity index (χ2n) is 5.69. The highest BCUT2D eigenvalue weighted by Gasteiger charge is 2.11. The zero-order valence-corrected chi connectivity index (χ0v) is 17.9. The minimum absolute atomic E-state index is 0.170. The van der Waals surface area contributed by atoms with Crippen molar-refractivity contribution >= 4 is 52.1 Å². The molecule has 0 heterocycles. The molecule has 0 amide bonds. The number of anilines is 1. The Bertz CT molecular complexity index is 759. The summed E-state index contributed by atoms with van der Waals surface area (Å²) in [7, 11) is 0. The number of hydrogen-bond acceptors (Lipinski definition) is 3. The van der Waals surface area contributed by atoms with Crippen molar-refractivity contribution in [1.29, 1.82) is 0 Å². The maximum atomic E-state index is 6.38. The molecule has 0 spiro atoms. The lowest BCUT2D eigenvalue weighted by atomic mass is 10.1. The molecule has 27 heavy (non-hydrogen) atoms. The van der Waals surface area contributed by atoms with Crippen molar-refractivity contribution < 1.29 is 9.47 Å². The normalized spacial score (nSPS) is 10.4. The molecule has 3 nitrogen and oxygen atoms in total. The third kappa shape index (κ3) is 7.71. The van der Waals surface area contributed by atoms with Crippen molar-refractivity contribution in [3.05, 3.63) is 62.6 Å². The van der Waals surface area contributed by atoms with Gasteiger partial charge in [0.25, 0.3) is 0 Å². The molecule has 2 aromatic rings. The first-order chi connectivity index (χ1) is 13.0.